The molecule has 21 heavy (non-hydrogen) atoms. The SMILES string of the molecule is Cc1ccc(C)c(C(=O)NCCn2ccnc2)c1C(=O)O. The Morgan fingerprint density at radius 1 is 1.24 bits per heavy atom. The zero-order chi connectivity index (χ0) is 15.4. The molecule has 0 unspecified atom stereocenters. The van der Waals surface area contributed by atoms with E-state index in [2.05, 4.69) is 10.3 Å². The number of nitrogens with zero attached hydrogens (tertiary/aromatic N) is 2. The molecule has 1 amide bonds. The van der Waals surface area contributed by atoms with E-state index >= 15 is 0 Å². The van der Waals surface area contributed by atoms with Gasteiger partial charge in [0.1, 0.15) is 0 Å². The molecule has 110 valence electrons. The number of carboxylic acid groups (broad SMARTS) is 1. The normalized spacial score (nSPS) is 10.4. The lowest BCUT2D eigenvalue weighted by molar-refractivity contribution is 0.0690. The number of amides is 1. The van der Waals surface area contributed by atoms with Crippen LogP contribution >= 0.6 is 0 Å². The molecule has 1 aromatic heterocycles. The van der Waals surface area contributed by atoms with E-state index in [1.807, 2.05) is 4.57 Å². The molecule has 2 N–H and O–H groups in total. The molecule has 0 saturated heterocycles. The lowest BCUT2D eigenvalue weighted by Gasteiger charge is -2.12. The van der Waals surface area contributed by atoms with Crippen molar-refractivity contribution >= 4 is 11.9 Å². The number of rotatable bonds is 5. The predicted octanol–water partition coefficient (Wildman–Crippen LogP) is 1.63. The van der Waals surface area contributed by atoms with Crippen LogP contribution in [0.1, 0.15) is 31.8 Å². The minimum atomic E-state index is -1.09. The summed E-state index contributed by atoms with van der Waals surface area (Å²) in [6.45, 7) is 4.41. The summed E-state index contributed by atoms with van der Waals surface area (Å²) in [6.07, 6.45) is 5.12. The lowest BCUT2D eigenvalue weighted by Crippen LogP contribution is -2.29. The largest absolute Gasteiger partial charge is 0.478 e. The van der Waals surface area contributed by atoms with Gasteiger partial charge in [0.25, 0.3) is 5.91 Å². The summed E-state index contributed by atoms with van der Waals surface area (Å²) in [6, 6.07) is 3.47. The zero-order valence-corrected chi connectivity index (χ0v) is 12.0. The van der Waals surface area contributed by atoms with Gasteiger partial charge in [-0.05, 0) is 25.0 Å². The maximum absolute atomic E-state index is 12.3. The van der Waals surface area contributed by atoms with E-state index in [9.17, 15) is 14.7 Å². The number of aromatic carboxylic acids is 1. The minimum absolute atomic E-state index is 0.0649. The van der Waals surface area contributed by atoms with Crippen LogP contribution in [-0.2, 0) is 6.54 Å². The molecule has 0 radical (unpaired) electrons. The molecule has 0 atom stereocenters. The van der Waals surface area contributed by atoms with Crippen LogP contribution < -0.4 is 5.32 Å². The fourth-order valence-corrected chi connectivity index (χ4v) is 2.19. The van der Waals surface area contributed by atoms with Crippen molar-refractivity contribution in [1.29, 1.82) is 0 Å². The third-order valence-corrected chi connectivity index (χ3v) is 3.28. The van der Waals surface area contributed by atoms with Gasteiger partial charge in [-0.25, -0.2) is 9.78 Å². The molecule has 2 rings (SSSR count). The molecule has 0 bridgehead atoms. The molecular formula is C15H17N3O3. The van der Waals surface area contributed by atoms with E-state index in [0.29, 0.717) is 24.2 Å². The third-order valence-electron chi connectivity index (χ3n) is 3.28. The number of aromatic nitrogens is 2. The van der Waals surface area contributed by atoms with Crippen LogP contribution in [0.5, 0.6) is 0 Å². The van der Waals surface area contributed by atoms with Crippen LogP contribution in [0, 0.1) is 13.8 Å². The smallest absolute Gasteiger partial charge is 0.336 e. The van der Waals surface area contributed by atoms with Crippen LogP contribution in [0.25, 0.3) is 0 Å². The highest BCUT2D eigenvalue weighted by Crippen LogP contribution is 2.18. The first-order chi connectivity index (χ1) is 10.0. The highest BCUT2D eigenvalue weighted by molar-refractivity contribution is 6.06. The third kappa shape index (κ3) is 3.28. The minimum Gasteiger partial charge on any atom is -0.478 e. The number of imidazole rings is 1. The van der Waals surface area contributed by atoms with E-state index in [1.165, 1.54) is 0 Å². The molecule has 1 heterocycles. The van der Waals surface area contributed by atoms with Crippen LogP contribution in [0.2, 0.25) is 0 Å². The van der Waals surface area contributed by atoms with E-state index < -0.39 is 5.97 Å². The maximum Gasteiger partial charge on any atom is 0.336 e. The first-order valence-corrected chi connectivity index (χ1v) is 6.58. The van der Waals surface area contributed by atoms with E-state index in [4.69, 9.17) is 0 Å². The first kappa shape index (κ1) is 14.8. The summed E-state index contributed by atoms with van der Waals surface area (Å²) in [5, 5.41) is 12.1. The van der Waals surface area contributed by atoms with Crippen molar-refractivity contribution in [3.8, 4) is 0 Å². The number of hydrogen-bond donors (Lipinski definition) is 2. The molecule has 0 spiro atoms. The van der Waals surface area contributed by atoms with Crippen molar-refractivity contribution in [2.45, 2.75) is 20.4 Å². The van der Waals surface area contributed by atoms with Gasteiger partial charge >= 0.3 is 5.97 Å². The van der Waals surface area contributed by atoms with Gasteiger partial charge in [0.05, 0.1) is 17.5 Å². The quantitative estimate of drug-likeness (QED) is 0.875. The summed E-state index contributed by atoms with van der Waals surface area (Å²) in [4.78, 5) is 27.6. The van der Waals surface area contributed by atoms with Gasteiger partial charge in [-0.1, -0.05) is 12.1 Å². The highest BCUT2D eigenvalue weighted by atomic mass is 16.4. The summed E-state index contributed by atoms with van der Waals surface area (Å²) < 4.78 is 1.83. The van der Waals surface area contributed by atoms with Gasteiger partial charge in [-0.15, -0.1) is 0 Å². The zero-order valence-electron chi connectivity index (χ0n) is 12.0. The summed E-state index contributed by atoms with van der Waals surface area (Å²) in [7, 11) is 0. The molecule has 0 saturated carbocycles. The topological polar surface area (TPSA) is 84.2 Å². The molecule has 1 aromatic carbocycles. The molecule has 0 aliphatic rings. The van der Waals surface area contributed by atoms with Crippen LogP contribution in [0.15, 0.2) is 30.9 Å². The van der Waals surface area contributed by atoms with Crippen molar-refractivity contribution in [3.63, 3.8) is 0 Å². The first-order valence-electron chi connectivity index (χ1n) is 6.58. The lowest BCUT2D eigenvalue weighted by atomic mass is 9.96. The monoisotopic (exact) mass is 287 g/mol. The predicted molar refractivity (Wildman–Crippen MR) is 77.4 cm³/mol. The molecule has 6 nitrogen and oxygen atoms in total. The number of carbonyl (C=O) groups excluding carboxylic acids is 1. The van der Waals surface area contributed by atoms with Crippen LogP contribution in [-0.4, -0.2) is 33.1 Å². The highest BCUT2D eigenvalue weighted by Gasteiger charge is 2.20. The number of carboxylic acids is 1. The Kier molecular flexibility index (Phi) is 4.37. The van der Waals surface area contributed by atoms with Gasteiger partial charge in [0, 0.05) is 25.5 Å². The summed E-state index contributed by atoms with van der Waals surface area (Å²) >= 11 is 0. The number of nitrogens with one attached hydrogen (secondary N) is 1. The summed E-state index contributed by atoms with van der Waals surface area (Å²) in [5.74, 6) is -1.45. The second-order valence-corrected chi connectivity index (χ2v) is 4.81. The van der Waals surface area contributed by atoms with Crippen LogP contribution in [0.4, 0.5) is 0 Å². The second kappa shape index (κ2) is 6.21. The fourth-order valence-electron chi connectivity index (χ4n) is 2.19. The fraction of sp³-hybridized carbons (Fsp3) is 0.267. The molecule has 6 heteroatoms. The van der Waals surface area contributed by atoms with Crippen molar-refractivity contribution in [2.75, 3.05) is 6.54 Å². The molecular weight excluding hydrogens is 270 g/mol. The van der Waals surface area contributed by atoms with E-state index in [-0.39, 0.29) is 17.0 Å². The Morgan fingerprint density at radius 3 is 2.48 bits per heavy atom. The second-order valence-electron chi connectivity index (χ2n) is 4.81. The number of hydrogen-bond acceptors (Lipinski definition) is 3. The maximum atomic E-state index is 12.3. The standard InChI is InChI=1S/C15H17N3O3/c1-10-3-4-11(2)13(15(20)21)12(10)14(19)17-6-8-18-7-5-16-9-18/h3-5,7,9H,6,8H2,1-2H3,(H,17,19)(H,20,21). The molecule has 0 aliphatic heterocycles. The number of carbonyl (C=O) groups is 2. The Morgan fingerprint density at radius 2 is 1.90 bits per heavy atom. The number of aryl methyl sites for hydroxylation is 2. The number of benzene rings is 1. The van der Waals surface area contributed by atoms with Gasteiger partial charge in [0.15, 0.2) is 0 Å². The molecule has 0 aliphatic carbocycles. The van der Waals surface area contributed by atoms with E-state index in [0.717, 1.165) is 0 Å². The van der Waals surface area contributed by atoms with Crippen molar-refractivity contribution < 1.29 is 14.7 Å². The van der Waals surface area contributed by atoms with Gasteiger partial charge < -0.3 is 15.0 Å². The Bertz CT molecular complexity index is 663. The van der Waals surface area contributed by atoms with Gasteiger partial charge in [-0.3, -0.25) is 4.79 Å². The van der Waals surface area contributed by atoms with Gasteiger partial charge in [-0.2, -0.15) is 0 Å². The Balaban J connectivity index is 2.15. The van der Waals surface area contributed by atoms with Crippen LogP contribution in [0.3, 0.4) is 0 Å². The van der Waals surface area contributed by atoms with Gasteiger partial charge in [0.2, 0.25) is 0 Å². The molecule has 0 fully saturated rings. The molecule has 2 aromatic rings. The van der Waals surface area contributed by atoms with Crippen molar-refractivity contribution in [2.24, 2.45) is 0 Å². The Hall–Kier alpha value is -2.63. The Labute approximate surface area is 122 Å². The average molecular weight is 287 g/mol. The average Bonchev–Trinajstić information content (AvgIpc) is 2.93. The van der Waals surface area contributed by atoms with Crippen molar-refractivity contribution in [1.82, 2.24) is 14.9 Å². The van der Waals surface area contributed by atoms with E-state index in [1.54, 1.807) is 44.7 Å². The van der Waals surface area contributed by atoms with Crippen molar-refractivity contribution in [3.05, 3.63) is 53.1 Å². The summed E-state index contributed by atoms with van der Waals surface area (Å²) in [5.41, 5.74) is 1.52.